The molecule has 20 heavy (non-hydrogen) atoms. The van der Waals surface area contributed by atoms with E-state index >= 15 is 0 Å². The molecule has 1 heterocycles. The van der Waals surface area contributed by atoms with Gasteiger partial charge in [0.2, 0.25) is 5.88 Å². The van der Waals surface area contributed by atoms with Gasteiger partial charge in [-0.2, -0.15) is 0 Å². The molecule has 1 atom stereocenters. The van der Waals surface area contributed by atoms with Gasteiger partial charge in [-0.25, -0.2) is 9.37 Å². The third kappa shape index (κ3) is 3.05. The molecule has 106 valence electrons. The zero-order valence-corrected chi connectivity index (χ0v) is 11.5. The summed E-state index contributed by atoms with van der Waals surface area (Å²) in [7, 11) is 2.99. The second-order valence-electron chi connectivity index (χ2n) is 4.38. The third-order valence-corrected chi connectivity index (χ3v) is 3.07. The average molecular weight is 276 g/mol. The van der Waals surface area contributed by atoms with Gasteiger partial charge < -0.3 is 15.2 Å². The van der Waals surface area contributed by atoms with E-state index in [-0.39, 0.29) is 5.75 Å². The first-order valence-electron chi connectivity index (χ1n) is 6.22. The summed E-state index contributed by atoms with van der Waals surface area (Å²) >= 11 is 0. The lowest BCUT2D eigenvalue weighted by Gasteiger charge is -2.14. The van der Waals surface area contributed by atoms with Crippen molar-refractivity contribution < 1.29 is 13.9 Å². The Hall–Kier alpha value is -2.14. The number of nitrogens with two attached hydrogens (primary N) is 1. The number of rotatable bonds is 5. The Kier molecular flexibility index (Phi) is 4.53. The molecule has 2 aromatic rings. The molecule has 0 aliphatic rings. The highest BCUT2D eigenvalue weighted by molar-refractivity contribution is 5.34. The summed E-state index contributed by atoms with van der Waals surface area (Å²) in [6.45, 7) is 0. The van der Waals surface area contributed by atoms with Crippen LogP contribution in [0.5, 0.6) is 11.6 Å². The van der Waals surface area contributed by atoms with E-state index in [0.717, 1.165) is 5.56 Å². The highest BCUT2D eigenvalue weighted by Gasteiger charge is 2.15. The first kappa shape index (κ1) is 14.3. The van der Waals surface area contributed by atoms with Crippen molar-refractivity contribution in [2.45, 2.75) is 12.5 Å². The molecule has 0 amide bonds. The fraction of sp³-hybridized carbons (Fsp3) is 0.267. The van der Waals surface area contributed by atoms with Crippen molar-refractivity contribution in [2.75, 3.05) is 14.2 Å². The molecule has 1 aromatic carbocycles. The maximum absolute atomic E-state index is 14.1. The molecule has 1 aromatic heterocycles. The van der Waals surface area contributed by atoms with Crippen LogP contribution < -0.4 is 15.2 Å². The summed E-state index contributed by atoms with van der Waals surface area (Å²) in [5.74, 6) is 0.324. The number of aromatic nitrogens is 1. The van der Waals surface area contributed by atoms with Crippen LogP contribution in [0.15, 0.2) is 36.5 Å². The fourth-order valence-electron chi connectivity index (χ4n) is 1.99. The lowest BCUT2D eigenvalue weighted by molar-refractivity contribution is 0.382. The molecule has 0 spiro atoms. The summed E-state index contributed by atoms with van der Waals surface area (Å²) in [6, 6.07) is 8.12. The van der Waals surface area contributed by atoms with Crippen molar-refractivity contribution in [1.82, 2.24) is 4.98 Å². The molecule has 5 heteroatoms. The van der Waals surface area contributed by atoms with E-state index < -0.39 is 11.9 Å². The number of methoxy groups -OCH3 is 2. The molecule has 0 radical (unpaired) electrons. The van der Waals surface area contributed by atoms with Gasteiger partial charge in [0.1, 0.15) is 0 Å². The number of nitrogens with zero attached hydrogens (tertiary/aromatic N) is 1. The SMILES string of the molecule is COc1ccc(CC(N)c2cccc(OC)c2F)cn1. The zero-order valence-electron chi connectivity index (χ0n) is 11.5. The highest BCUT2D eigenvalue weighted by atomic mass is 19.1. The molecule has 2 rings (SSSR count). The Labute approximate surface area is 117 Å². The van der Waals surface area contributed by atoms with E-state index in [1.165, 1.54) is 7.11 Å². The summed E-state index contributed by atoms with van der Waals surface area (Å²) in [6.07, 6.45) is 2.16. The molecule has 0 aliphatic carbocycles. The van der Waals surface area contributed by atoms with E-state index in [4.69, 9.17) is 15.2 Å². The molecule has 1 unspecified atom stereocenters. The Bertz CT molecular complexity index is 573. The Morgan fingerprint density at radius 3 is 2.60 bits per heavy atom. The number of hydrogen-bond acceptors (Lipinski definition) is 4. The van der Waals surface area contributed by atoms with Crippen molar-refractivity contribution >= 4 is 0 Å². The third-order valence-electron chi connectivity index (χ3n) is 3.07. The van der Waals surface area contributed by atoms with Crippen LogP contribution in [0, 0.1) is 5.82 Å². The zero-order chi connectivity index (χ0) is 14.5. The van der Waals surface area contributed by atoms with Gasteiger partial charge in [-0.3, -0.25) is 0 Å². The van der Waals surface area contributed by atoms with Gasteiger partial charge in [0.15, 0.2) is 11.6 Å². The van der Waals surface area contributed by atoms with Crippen LogP contribution in [0.1, 0.15) is 17.2 Å². The Morgan fingerprint density at radius 2 is 2.00 bits per heavy atom. The number of pyridine rings is 1. The maximum Gasteiger partial charge on any atom is 0.212 e. The van der Waals surface area contributed by atoms with Crippen molar-refractivity contribution in [1.29, 1.82) is 0 Å². The lowest BCUT2D eigenvalue weighted by Crippen LogP contribution is -2.15. The van der Waals surface area contributed by atoms with Gasteiger partial charge >= 0.3 is 0 Å². The summed E-state index contributed by atoms with van der Waals surface area (Å²) in [4.78, 5) is 4.10. The average Bonchev–Trinajstić information content (AvgIpc) is 2.48. The van der Waals surface area contributed by atoms with E-state index in [1.807, 2.05) is 6.07 Å². The Morgan fingerprint density at radius 1 is 1.20 bits per heavy atom. The van der Waals surface area contributed by atoms with Crippen molar-refractivity contribution in [3.8, 4) is 11.6 Å². The number of benzene rings is 1. The molecular formula is C15H17FN2O2. The highest BCUT2D eigenvalue weighted by Crippen LogP contribution is 2.25. The van der Waals surface area contributed by atoms with Gasteiger partial charge in [0, 0.05) is 23.9 Å². The van der Waals surface area contributed by atoms with Gasteiger partial charge in [0.05, 0.1) is 14.2 Å². The normalized spacial score (nSPS) is 12.0. The first-order chi connectivity index (χ1) is 9.65. The fourth-order valence-corrected chi connectivity index (χ4v) is 1.99. The van der Waals surface area contributed by atoms with Crippen LogP contribution in [-0.2, 0) is 6.42 Å². The van der Waals surface area contributed by atoms with E-state index in [2.05, 4.69) is 4.98 Å². The quantitative estimate of drug-likeness (QED) is 0.911. The van der Waals surface area contributed by atoms with E-state index in [1.54, 1.807) is 37.6 Å². The van der Waals surface area contributed by atoms with Gasteiger partial charge in [-0.1, -0.05) is 18.2 Å². The van der Waals surface area contributed by atoms with Crippen molar-refractivity contribution in [2.24, 2.45) is 5.73 Å². The molecule has 0 aliphatic heterocycles. The second-order valence-corrected chi connectivity index (χ2v) is 4.38. The predicted octanol–water partition coefficient (Wildman–Crippen LogP) is 2.48. The molecule has 0 saturated heterocycles. The van der Waals surface area contributed by atoms with Crippen LogP contribution >= 0.6 is 0 Å². The lowest BCUT2D eigenvalue weighted by atomic mass is 10.00. The minimum atomic E-state index is -0.458. The standard InChI is InChI=1S/C15H17FN2O2/c1-19-13-5-3-4-11(15(13)16)12(17)8-10-6-7-14(20-2)18-9-10/h3-7,9,12H,8,17H2,1-2H3. The summed E-state index contributed by atoms with van der Waals surface area (Å²) in [5.41, 5.74) is 7.42. The number of hydrogen-bond donors (Lipinski definition) is 1. The van der Waals surface area contributed by atoms with Crippen LogP contribution in [0.25, 0.3) is 0 Å². The smallest absolute Gasteiger partial charge is 0.212 e. The topological polar surface area (TPSA) is 57.4 Å². The Balaban J connectivity index is 2.16. The van der Waals surface area contributed by atoms with Crippen LogP contribution in [0.3, 0.4) is 0 Å². The number of ether oxygens (including phenoxy) is 2. The predicted molar refractivity (Wildman–Crippen MR) is 74.4 cm³/mol. The molecular weight excluding hydrogens is 259 g/mol. The number of halogens is 1. The van der Waals surface area contributed by atoms with Gasteiger partial charge in [0.25, 0.3) is 0 Å². The first-order valence-corrected chi connectivity index (χ1v) is 6.22. The monoisotopic (exact) mass is 276 g/mol. The van der Waals surface area contributed by atoms with Crippen LogP contribution in [-0.4, -0.2) is 19.2 Å². The molecule has 0 bridgehead atoms. The van der Waals surface area contributed by atoms with Gasteiger partial charge in [-0.15, -0.1) is 0 Å². The largest absolute Gasteiger partial charge is 0.494 e. The van der Waals surface area contributed by atoms with E-state index in [9.17, 15) is 4.39 Å². The molecule has 0 saturated carbocycles. The summed E-state index contributed by atoms with van der Waals surface area (Å²) < 4.78 is 24.1. The molecule has 4 nitrogen and oxygen atoms in total. The summed E-state index contributed by atoms with van der Waals surface area (Å²) in [5, 5.41) is 0. The van der Waals surface area contributed by atoms with Crippen molar-refractivity contribution in [3.05, 3.63) is 53.5 Å². The molecule has 0 fully saturated rings. The van der Waals surface area contributed by atoms with Gasteiger partial charge in [-0.05, 0) is 18.1 Å². The van der Waals surface area contributed by atoms with Crippen LogP contribution in [0.4, 0.5) is 4.39 Å². The molecule has 2 N–H and O–H groups in total. The maximum atomic E-state index is 14.1. The minimum absolute atomic E-state index is 0.200. The second kappa shape index (κ2) is 6.34. The van der Waals surface area contributed by atoms with E-state index in [0.29, 0.717) is 17.9 Å². The van der Waals surface area contributed by atoms with Crippen molar-refractivity contribution in [3.63, 3.8) is 0 Å². The minimum Gasteiger partial charge on any atom is -0.494 e. The van der Waals surface area contributed by atoms with Crippen LogP contribution in [0.2, 0.25) is 0 Å².